The van der Waals surface area contributed by atoms with Crippen LogP contribution in [0.15, 0.2) is 88.8 Å². The third-order valence-corrected chi connectivity index (χ3v) is 8.42. The van der Waals surface area contributed by atoms with E-state index in [-0.39, 0.29) is 23.6 Å². The van der Waals surface area contributed by atoms with E-state index in [1.807, 2.05) is 32.9 Å². The number of allylic oxidation sites excluding steroid dienone is 1. The third kappa shape index (κ3) is 7.36. The Morgan fingerprint density at radius 3 is 2.35 bits per heavy atom. The Balaban J connectivity index is 1.61. The Morgan fingerprint density at radius 1 is 0.958 bits per heavy atom. The topological polar surface area (TPSA) is 97.6 Å². The number of carbonyl (C=O) groups is 1. The molecule has 0 saturated carbocycles. The van der Waals surface area contributed by atoms with Crippen LogP contribution >= 0.6 is 11.3 Å². The number of fused-ring (bicyclic) bond motifs is 1. The van der Waals surface area contributed by atoms with E-state index in [2.05, 4.69) is 11.6 Å². The van der Waals surface area contributed by atoms with E-state index in [1.54, 1.807) is 42.5 Å². The van der Waals surface area contributed by atoms with Gasteiger partial charge in [-0.3, -0.25) is 9.36 Å². The number of hydrogen-bond acceptors (Lipinski definition) is 9. The van der Waals surface area contributed by atoms with Crippen LogP contribution in [0.25, 0.3) is 6.08 Å². The molecule has 0 spiro atoms. The van der Waals surface area contributed by atoms with Gasteiger partial charge in [0.25, 0.3) is 5.56 Å². The predicted molar refractivity (Wildman–Crippen MR) is 182 cm³/mol. The molecule has 250 valence electrons. The molecule has 1 aliphatic heterocycles. The molecule has 0 radical (unpaired) electrons. The number of halogens is 1. The van der Waals surface area contributed by atoms with Gasteiger partial charge in [0.1, 0.15) is 12.4 Å². The lowest BCUT2D eigenvalue weighted by Gasteiger charge is -2.23. The van der Waals surface area contributed by atoms with E-state index in [0.29, 0.717) is 69.7 Å². The molecule has 3 aromatic carbocycles. The van der Waals surface area contributed by atoms with Gasteiger partial charge in [0, 0.05) is 11.8 Å². The normalized spacial score (nSPS) is 14.0. The van der Waals surface area contributed by atoms with Crippen LogP contribution < -0.4 is 33.8 Å². The van der Waals surface area contributed by atoms with Crippen LogP contribution in [0.1, 0.15) is 49.1 Å². The van der Waals surface area contributed by atoms with Gasteiger partial charge in [-0.15, -0.1) is 6.58 Å². The van der Waals surface area contributed by atoms with Crippen molar-refractivity contribution in [1.82, 2.24) is 4.57 Å². The first-order valence-electron chi connectivity index (χ1n) is 15.6. The zero-order valence-corrected chi connectivity index (χ0v) is 28.1. The number of benzene rings is 3. The number of aromatic nitrogens is 1. The highest BCUT2D eigenvalue weighted by Crippen LogP contribution is 2.36. The van der Waals surface area contributed by atoms with Crippen LogP contribution in [0, 0.1) is 5.82 Å². The van der Waals surface area contributed by atoms with Gasteiger partial charge in [-0.2, -0.15) is 0 Å². The molecule has 0 bridgehead atoms. The molecule has 1 aromatic heterocycles. The van der Waals surface area contributed by atoms with E-state index in [1.165, 1.54) is 41.3 Å². The monoisotopic (exact) mass is 672 g/mol. The smallest absolute Gasteiger partial charge is 0.337 e. The van der Waals surface area contributed by atoms with Crippen LogP contribution in [0.5, 0.6) is 23.0 Å². The maximum atomic E-state index is 14.2. The first-order chi connectivity index (χ1) is 23.3. The van der Waals surface area contributed by atoms with Gasteiger partial charge in [-0.05, 0) is 86.4 Å². The molecular weight excluding hydrogens is 635 g/mol. The quantitative estimate of drug-likeness (QED) is 0.126. The number of esters is 1. The molecule has 0 amide bonds. The fourth-order valence-electron chi connectivity index (χ4n) is 5.38. The van der Waals surface area contributed by atoms with Crippen LogP contribution in [0.4, 0.5) is 4.39 Å². The Bertz CT molecular complexity index is 2010. The van der Waals surface area contributed by atoms with Gasteiger partial charge in [0.15, 0.2) is 27.8 Å². The fourth-order valence-corrected chi connectivity index (χ4v) is 6.34. The Hall–Kier alpha value is -5.16. The van der Waals surface area contributed by atoms with E-state index in [4.69, 9.17) is 23.7 Å². The first-order valence-corrected chi connectivity index (χ1v) is 16.4. The van der Waals surface area contributed by atoms with E-state index in [0.717, 1.165) is 11.1 Å². The van der Waals surface area contributed by atoms with Crippen molar-refractivity contribution >= 4 is 23.4 Å². The van der Waals surface area contributed by atoms with Crippen molar-refractivity contribution in [2.75, 3.05) is 26.9 Å². The van der Waals surface area contributed by atoms with Crippen LogP contribution in [0.3, 0.4) is 0 Å². The molecule has 48 heavy (non-hydrogen) atoms. The lowest BCUT2D eigenvalue weighted by atomic mass is 9.97. The van der Waals surface area contributed by atoms with Crippen LogP contribution in [-0.2, 0) is 22.6 Å². The van der Waals surface area contributed by atoms with Gasteiger partial charge in [-0.25, -0.2) is 14.2 Å². The average Bonchev–Trinajstić information content (AvgIpc) is 3.40. The third-order valence-electron chi connectivity index (χ3n) is 7.42. The molecule has 4 aromatic rings. The average molecular weight is 673 g/mol. The first kappa shape index (κ1) is 34.2. The molecule has 1 aliphatic rings. The summed E-state index contributed by atoms with van der Waals surface area (Å²) in [5, 5.41) is 0. The summed E-state index contributed by atoms with van der Waals surface area (Å²) in [5.74, 6) is 1.18. The number of thiazole rings is 1. The summed E-state index contributed by atoms with van der Waals surface area (Å²) in [5.41, 5.74) is 2.83. The number of methoxy groups -OCH3 is 1. The van der Waals surface area contributed by atoms with Crippen molar-refractivity contribution in [2.45, 2.75) is 39.8 Å². The summed E-state index contributed by atoms with van der Waals surface area (Å²) in [6, 6.07) is 14.4. The number of rotatable bonds is 14. The van der Waals surface area contributed by atoms with E-state index in [9.17, 15) is 14.0 Å². The summed E-state index contributed by atoms with van der Waals surface area (Å²) >= 11 is 1.21. The summed E-state index contributed by atoms with van der Waals surface area (Å²) < 4.78 is 44.2. The van der Waals surface area contributed by atoms with Crippen molar-refractivity contribution in [3.63, 3.8) is 0 Å². The Kier molecular flexibility index (Phi) is 11.1. The van der Waals surface area contributed by atoms with Crippen molar-refractivity contribution in [2.24, 2.45) is 4.99 Å². The molecule has 0 N–H and O–H groups in total. The standard InChI is InChI=1S/C37H37FN2O7S/c1-6-10-26-17-24(18-31(46-9-4)34(26)47-22-23-11-14-27(38)15-12-23)19-32-35(41)40-33(28(36(42)43-5)21-39-37(40)48-32)25-13-16-29(44-7-2)30(20-25)45-8-3/h6,11-21,33H,1,7-10,22H2,2-5H3/b32-19-/t33-/m0/s1. The van der Waals surface area contributed by atoms with Crippen molar-refractivity contribution < 1.29 is 32.9 Å². The molecule has 11 heteroatoms. The fraction of sp³-hybridized carbons (Fsp3) is 0.270. The SMILES string of the molecule is C=CCc1cc(/C=c2\sc3n(c2=O)[C@@H](c2ccc(OCC)c(OCC)c2)C(C(=O)OC)=CN=3)cc(OCC)c1OCc1ccc(F)cc1. The Labute approximate surface area is 281 Å². The minimum Gasteiger partial charge on any atom is -0.490 e. The predicted octanol–water partition coefficient (Wildman–Crippen LogP) is 5.66. The molecule has 0 saturated heterocycles. The molecule has 0 aliphatic carbocycles. The largest absolute Gasteiger partial charge is 0.490 e. The summed E-state index contributed by atoms with van der Waals surface area (Å²) in [6.45, 7) is 11.0. The van der Waals surface area contributed by atoms with Gasteiger partial charge < -0.3 is 23.7 Å². The molecule has 1 atom stereocenters. The zero-order valence-electron chi connectivity index (χ0n) is 27.3. The van der Waals surface area contributed by atoms with Crippen molar-refractivity contribution in [3.8, 4) is 23.0 Å². The van der Waals surface area contributed by atoms with Crippen molar-refractivity contribution in [3.05, 3.63) is 127 Å². The highest BCUT2D eigenvalue weighted by atomic mass is 32.1. The van der Waals surface area contributed by atoms with Gasteiger partial charge in [0.05, 0.1) is 43.1 Å². The lowest BCUT2D eigenvalue weighted by Crippen LogP contribution is -2.39. The number of hydrogen-bond donors (Lipinski definition) is 0. The minimum absolute atomic E-state index is 0.206. The summed E-state index contributed by atoms with van der Waals surface area (Å²) in [7, 11) is 1.29. The maximum absolute atomic E-state index is 14.2. The van der Waals surface area contributed by atoms with E-state index >= 15 is 0 Å². The number of nitrogens with zero attached hydrogens (tertiary/aromatic N) is 2. The van der Waals surface area contributed by atoms with Gasteiger partial charge in [-0.1, -0.05) is 35.6 Å². The highest BCUT2D eigenvalue weighted by molar-refractivity contribution is 7.07. The second kappa shape index (κ2) is 15.6. The molecule has 5 rings (SSSR count). The molecule has 9 nitrogen and oxygen atoms in total. The van der Waals surface area contributed by atoms with Gasteiger partial charge in [0.2, 0.25) is 0 Å². The molecule has 0 unspecified atom stereocenters. The molecule has 2 heterocycles. The number of ether oxygens (including phenoxy) is 5. The highest BCUT2D eigenvalue weighted by Gasteiger charge is 2.31. The van der Waals surface area contributed by atoms with Crippen molar-refractivity contribution in [1.29, 1.82) is 0 Å². The zero-order chi connectivity index (χ0) is 34.2. The summed E-state index contributed by atoms with van der Waals surface area (Å²) in [4.78, 5) is 32.0. The second-order valence-corrected chi connectivity index (χ2v) is 11.6. The lowest BCUT2D eigenvalue weighted by molar-refractivity contribution is -0.136. The van der Waals surface area contributed by atoms with Crippen LogP contribution in [-0.4, -0.2) is 37.5 Å². The van der Waals surface area contributed by atoms with Gasteiger partial charge >= 0.3 is 5.97 Å². The molecule has 0 fully saturated rings. The maximum Gasteiger partial charge on any atom is 0.337 e. The van der Waals surface area contributed by atoms with E-state index < -0.39 is 12.0 Å². The summed E-state index contributed by atoms with van der Waals surface area (Å²) in [6.07, 6.45) is 5.45. The Morgan fingerprint density at radius 2 is 1.67 bits per heavy atom. The minimum atomic E-state index is -0.816. The van der Waals surface area contributed by atoms with Crippen LogP contribution in [0.2, 0.25) is 0 Å². The second-order valence-electron chi connectivity index (χ2n) is 10.6. The number of carbonyl (C=O) groups excluding carboxylic acids is 1. The molecular formula is C37H37FN2O7S.